The Labute approximate surface area is 136 Å². The smallest absolute Gasteiger partial charge is 0.308 e. The largest absolute Gasteiger partial charge is 0.457 e. The summed E-state index contributed by atoms with van der Waals surface area (Å²) in [7, 11) is 0. The minimum Gasteiger partial charge on any atom is -0.457 e. The lowest BCUT2D eigenvalue weighted by atomic mass is 10.1. The number of carbonyl (C=O) groups is 2. The molecule has 122 valence electrons. The summed E-state index contributed by atoms with van der Waals surface area (Å²) in [5, 5.41) is 4.28. The van der Waals surface area contributed by atoms with Gasteiger partial charge in [0.1, 0.15) is 0 Å². The van der Waals surface area contributed by atoms with Crippen LogP contribution in [-0.2, 0) is 22.5 Å². The number of esters is 1. The summed E-state index contributed by atoms with van der Waals surface area (Å²) in [5.74, 6) is -0.580. The van der Waals surface area contributed by atoms with Crippen molar-refractivity contribution in [3.8, 4) is 0 Å². The van der Waals surface area contributed by atoms with E-state index >= 15 is 0 Å². The molecule has 0 N–H and O–H groups in total. The molecule has 0 saturated heterocycles. The van der Waals surface area contributed by atoms with E-state index in [9.17, 15) is 9.59 Å². The van der Waals surface area contributed by atoms with Gasteiger partial charge in [0.25, 0.3) is 0 Å². The van der Waals surface area contributed by atoms with Gasteiger partial charge in [0.2, 0.25) is 0 Å². The first-order valence-electron chi connectivity index (χ1n) is 7.78. The van der Waals surface area contributed by atoms with Crippen molar-refractivity contribution in [2.45, 2.75) is 40.2 Å². The molecule has 1 aromatic carbocycles. The van der Waals surface area contributed by atoms with E-state index in [1.165, 1.54) is 5.56 Å². The van der Waals surface area contributed by atoms with Crippen molar-refractivity contribution in [1.29, 1.82) is 0 Å². The number of ketones is 1. The Kier molecular flexibility index (Phi) is 5.68. The second-order valence-corrected chi connectivity index (χ2v) is 5.53. The molecule has 23 heavy (non-hydrogen) atoms. The molecular weight excluding hydrogens is 292 g/mol. The molecule has 0 bridgehead atoms. The standard InChI is InChI=1S/C18H22N2O3/c1-4-15-5-7-16(8-6-15)17(21)12-23-18(22)9-10-20-14(3)11-13(2)19-20/h5-8,11H,4,9-10,12H2,1-3H3. The van der Waals surface area contributed by atoms with Gasteiger partial charge in [-0.15, -0.1) is 0 Å². The average molecular weight is 314 g/mol. The van der Waals surface area contributed by atoms with Gasteiger partial charge in [-0.1, -0.05) is 31.2 Å². The van der Waals surface area contributed by atoms with E-state index < -0.39 is 5.97 Å². The molecule has 0 atom stereocenters. The monoisotopic (exact) mass is 314 g/mol. The van der Waals surface area contributed by atoms with Crippen LogP contribution in [0.2, 0.25) is 0 Å². The molecule has 2 aromatic rings. The maximum absolute atomic E-state index is 12.0. The zero-order valence-electron chi connectivity index (χ0n) is 13.8. The van der Waals surface area contributed by atoms with Crippen molar-refractivity contribution in [2.24, 2.45) is 0 Å². The topological polar surface area (TPSA) is 61.2 Å². The zero-order chi connectivity index (χ0) is 16.8. The number of benzene rings is 1. The van der Waals surface area contributed by atoms with Gasteiger partial charge in [-0.05, 0) is 31.9 Å². The number of aromatic nitrogens is 2. The maximum atomic E-state index is 12.0. The molecule has 0 spiro atoms. The van der Waals surface area contributed by atoms with Gasteiger partial charge in [0, 0.05) is 11.3 Å². The summed E-state index contributed by atoms with van der Waals surface area (Å²) >= 11 is 0. The number of hydrogen-bond donors (Lipinski definition) is 0. The third-order valence-electron chi connectivity index (χ3n) is 3.68. The third-order valence-corrected chi connectivity index (χ3v) is 3.68. The fourth-order valence-electron chi connectivity index (χ4n) is 2.33. The molecule has 1 aromatic heterocycles. The molecule has 1 heterocycles. The van der Waals surface area contributed by atoms with Crippen LogP contribution in [0, 0.1) is 13.8 Å². The first-order valence-corrected chi connectivity index (χ1v) is 7.78. The predicted molar refractivity (Wildman–Crippen MR) is 87.4 cm³/mol. The SMILES string of the molecule is CCc1ccc(C(=O)COC(=O)CCn2nc(C)cc2C)cc1. The number of hydrogen-bond acceptors (Lipinski definition) is 4. The molecule has 2 rings (SSSR count). The molecule has 0 aliphatic carbocycles. The van der Waals surface area contributed by atoms with E-state index in [-0.39, 0.29) is 18.8 Å². The van der Waals surface area contributed by atoms with Crippen molar-refractivity contribution in [3.63, 3.8) is 0 Å². The molecule has 0 radical (unpaired) electrons. The van der Waals surface area contributed by atoms with Gasteiger partial charge in [-0.25, -0.2) is 0 Å². The fraction of sp³-hybridized carbons (Fsp3) is 0.389. The fourth-order valence-corrected chi connectivity index (χ4v) is 2.33. The van der Waals surface area contributed by atoms with Crippen LogP contribution in [0.15, 0.2) is 30.3 Å². The minimum atomic E-state index is -0.393. The van der Waals surface area contributed by atoms with E-state index in [4.69, 9.17) is 4.74 Å². The van der Waals surface area contributed by atoms with Crippen molar-refractivity contribution in [1.82, 2.24) is 9.78 Å². The van der Waals surface area contributed by atoms with Crippen molar-refractivity contribution in [2.75, 3.05) is 6.61 Å². The first kappa shape index (κ1) is 16.9. The Morgan fingerprint density at radius 1 is 1.17 bits per heavy atom. The van der Waals surface area contributed by atoms with Crippen LogP contribution in [0.4, 0.5) is 0 Å². The highest BCUT2D eigenvalue weighted by Crippen LogP contribution is 2.07. The van der Waals surface area contributed by atoms with Gasteiger partial charge in [-0.2, -0.15) is 5.10 Å². The number of aryl methyl sites for hydroxylation is 4. The Bertz CT molecular complexity index is 687. The number of carbonyl (C=O) groups excluding carboxylic acids is 2. The lowest BCUT2D eigenvalue weighted by Crippen LogP contribution is -2.16. The highest BCUT2D eigenvalue weighted by atomic mass is 16.5. The number of Topliss-reactive ketones (excluding diaryl/α,β-unsaturated/α-hetero) is 1. The lowest BCUT2D eigenvalue weighted by molar-refractivity contribution is -0.142. The van der Waals surface area contributed by atoms with Gasteiger partial charge in [0.15, 0.2) is 12.4 Å². The van der Waals surface area contributed by atoms with Gasteiger partial charge >= 0.3 is 5.97 Å². The molecule has 0 saturated carbocycles. The Morgan fingerprint density at radius 3 is 2.43 bits per heavy atom. The maximum Gasteiger partial charge on any atom is 0.308 e. The van der Waals surface area contributed by atoms with Crippen molar-refractivity contribution in [3.05, 3.63) is 52.8 Å². The summed E-state index contributed by atoms with van der Waals surface area (Å²) in [4.78, 5) is 23.7. The summed E-state index contributed by atoms with van der Waals surface area (Å²) in [6.45, 7) is 6.14. The first-order chi connectivity index (χ1) is 11.0. The van der Waals surface area contributed by atoms with Crippen LogP contribution < -0.4 is 0 Å². The average Bonchev–Trinajstić information content (AvgIpc) is 2.88. The van der Waals surface area contributed by atoms with Gasteiger partial charge in [0.05, 0.1) is 18.7 Å². The molecule has 0 amide bonds. The molecule has 5 nitrogen and oxygen atoms in total. The van der Waals surface area contributed by atoms with E-state index in [1.54, 1.807) is 16.8 Å². The Balaban J connectivity index is 1.79. The normalized spacial score (nSPS) is 10.6. The van der Waals surface area contributed by atoms with E-state index in [1.807, 2.05) is 32.0 Å². The second-order valence-electron chi connectivity index (χ2n) is 5.53. The van der Waals surface area contributed by atoms with Crippen LogP contribution in [0.25, 0.3) is 0 Å². The Hall–Kier alpha value is -2.43. The third kappa shape index (κ3) is 4.77. The summed E-state index contributed by atoms with van der Waals surface area (Å²) in [6, 6.07) is 9.32. The molecule has 0 aliphatic rings. The van der Waals surface area contributed by atoms with Crippen LogP contribution in [0.5, 0.6) is 0 Å². The second kappa shape index (κ2) is 7.72. The molecule has 5 heteroatoms. The lowest BCUT2D eigenvalue weighted by Gasteiger charge is -2.06. The van der Waals surface area contributed by atoms with Crippen molar-refractivity contribution >= 4 is 11.8 Å². The van der Waals surface area contributed by atoms with Crippen LogP contribution in [-0.4, -0.2) is 28.1 Å². The van der Waals surface area contributed by atoms with Crippen LogP contribution >= 0.6 is 0 Å². The zero-order valence-corrected chi connectivity index (χ0v) is 13.8. The molecule has 0 unspecified atom stereocenters. The van der Waals surface area contributed by atoms with E-state index in [0.29, 0.717) is 12.1 Å². The molecule has 0 aliphatic heterocycles. The van der Waals surface area contributed by atoms with Crippen molar-refractivity contribution < 1.29 is 14.3 Å². The minimum absolute atomic E-state index is 0.188. The van der Waals surface area contributed by atoms with E-state index in [2.05, 4.69) is 12.0 Å². The van der Waals surface area contributed by atoms with Crippen LogP contribution in [0.1, 0.15) is 40.7 Å². The van der Waals surface area contributed by atoms with Gasteiger partial charge in [-0.3, -0.25) is 14.3 Å². The summed E-state index contributed by atoms with van der Waals surface area (Å²) in [5.41, 5.74) is 3.65. The summed E-state index contributed by atoms with van der Waals surface area (Å²) < 4.78 is 6.82. The quantitative estimate of drug-likeness (QED) is 0.582. The van der Waals surface area contributed by atoms with Crippen LogP contribution in [0.3, 0.4) is 0 Å². The number of nitrogens with zero attached hydrogens (tertiary/aromatic N) is 2. The number of rotatable bonds is 7. The summed E-state index contributed by atoms with van der Waals surface area (Å²) in [6.07, 6.45) is 1.12. The Morgan fingerprint density at radius 2 is 1.87 bits per heavy atom. The highest BCUT2D eigenvalue weighted by Gasteiger charge is 2.11. The highest BCUT2D eigenvalue weighted by molar-refractivity contribution is 5.97. The number of ether oxygens (including phenoxy) is 1. The molecular formula is C18H22N2O3. The van der Waals surface area contributed by atoms with Gasteiger partial charge < -0.3 is 4.74 Å². The predicted octanol–water partition coefficient (Wildman–Crippen LogP) is 2.88. The molecule has 0 fully saturated rings. The van der Waals surface area contributed by atoms with E-state index in [0.717, 1.165) is 17.8 Å².